The molecule has 2 N–H and O–H groups in total. The third-order valence-electron chi connectivity index (χ3n) is 4.31. The molecule has 0 fully saturated rings. The number of fused-ring (bicyclic) bond motifs is 1. The van der Waals surface area contributed by atoms with Crippen LogP contribution in [0.3, 0.4) is 0 Å². The number of nitrogens with zero attached hydrogens (tertiary/aromatic N) is 4. The van der Waals surface area contributed by atoms with E-state index in [2.05, 4.69) is 68.2 Å². The topological polar surface area (TPSA) is 88.8 Å². The molecule has 0 bridgehead atoms. The molecule has 0 atom stereocenters. The summed E-state index contributed by atoms with van der Waals surface area (Å²) < 4.78 is 4.76. The molecule has 2 heterocycles. The quantitative estimate of drug-likeness (QED) is 0.536. The Balaban J connectivity index is 1.60. The summed E-state index contributed by atoms with van der Waals surface area (Å²) in [6, 6.07) is 16.5. The van der Waals surface area contributed by atoms with Gasteiger partial charge in [-0.2, -0.15) is 0 Å². The molecule has 0 unspecified atom stereocenters. The molecule has 0 saturated heterocycles. The Morgan fingerprint density at radius 3 is 2.41 bits per heavy atom. The lowest BCUT2D eigenvalue weighted by Gasteiger charge is -2.14. The summed E-state index contributed by atoms with van der Waals surface area (Å²) in [4.78, 5) is 9.03. The highest BCUT2D eigenvalue weighted by Gasteiger charge is 2.13. The Morgan fingerprint density at radius 2 is 1.63 bits per heavy atom. The summed E-state index contributed by atoms with van der Waals surface area (Å²) in [6.45, 7) is 4.82. The molecule has 7 nitrogen and oxygen atoms in total. The third kappa shape index (κ3) is 3.87. The summed E-state index contributed by atoms with van der Waals surface area (Å²) in [5.74, 6) is 1.22. The van der Waals surface area contributed by atoms with Crippen molar-refractivity contribution in [2.24, 2.45) is 0 Å². The van der Waals surface area contributed by atoms with Crippen molar-refractivity contribution >= 4 is 28.6 Å². The Morgan fingerprint density at radius 1 is 0.889 bits per heavy atom. The van der Waals surface area contributed by atoms with Gasteiger partial charge in [-0.1, -0.05) is 42.5 Å². The van der Waals surface area contributed by atoms with Crippen molar-refractivity contribution in [2.75, 3.05) is 17.2 Å². The third-order valence-corrected chi connectivity index (χ3v) is 4.31. The van der Waals surface area contributed by atoms with Gasteiger partial charge in [0.05, 0.1) is 0 Å². The number of hydrogen-bond acceptors (Lipinski definition) is 7. The predicted octanol–water partition coefficient (Wildman–Crippen LogP) is 4.03. The van der Waals surface area contributed by atoms with E-state index >= 15 is 0 Å². The van der Waals surface area contributed by atoms with Crippen LogP contribution in [0, 0.1) is 13.8 Å². The number of benzene rings is 2. The number of aromatic nitrogens is 4. The lowest BCUT2D eigenvalue weighted by Crippen LogP contribution is -2.10. The van der Waals surface area contributed by atoms with Gasteiger partial charge in [0.1, 0.15) is 0 Å². The zero-order valence-electron chi connectivity index (χ0n) is 15.2. The Labute approximate surface area is 156 Å². The van der Waals surface area contributed by atoms with Crippen LogP contribution in [-0.2, 0) is 6.42 Å². The maximum Gasteiger partial charge on any atom is 0.245 e. The van der Waals surface area contributed by atoms with Crippen LogP contribution >= 0.6 is 0 Å². The highest BCUT2D eigenvalue weighted by molar-refractivity contribution is 5.77. The lowest BCUT2D eigenvalue weighted by atomic mass is 10.1. The van der Waals surface area contributed by atoms with Crippen LogP contribution in [0.4, 0.5) is 17.3 Å². The van der Waals surface area contributed by atoms with E-state index in [1.165, 1.54) is 11.1 Å². The average Bonchev–Trinajstić information content (AvgIpc) is 3.13. The van der Waals surface area contributed by atoms with E-state index in [1.807, 2.05) is 25.1 Å². The first-order valence-electron chi connectivity index (χ1n) is 8.81. The fourth-order valence-corrected chi connectivity index (χ4v) is 2.82. The maximum atomic E-state index is 4.76. The van der Waals surface area contributed by atoms with Crippen molar-refractivity contribution in [2.45, 2.75) is 20.3 Å². The highest BCUT2D eigenvalue weighted by atomic mass is 16.6. The normalized spacial score (nSPS) is 10.9. The first kappa shape index (κ1) is 17.0. The second-order valence-corrected chi connectivity index (χ2v) is 6.44. The van der Waals surface area contributed by atoms with E-state index in [9.17, 15) is 0 Å². The van der Waals surface area contributed by atoms with Gasteiger partial charge in [-0.15, -0.1) is 0 Å². The molecule has 27 heavy (non-hydrogen) atoms. The highest BCUT2D eigenvalue weighted by Crippen LogP contribution is 2.26. The lowest BCUT2D eigenvalue weighted by molar-refractivity contribution is 0.314. The van der Waals surface area contributed by atoms with Gasteiger partial charge in [-0.25, -0.2) is 14.6 Å². The molecular weight excluding hydrogens is 340 g/mol. The summed E-state index contributed by atoms with van der Waals surface area (Å²) in [6.07, 6.45) is 0.876. The molecule has 2 aromatic heterocycles. The van der Waals surface area contributed by atoms with Crippen LogP contribution < -0.4 is 10.6 Å². The van der Waals surface area contributed by atoms with Gasteiger partial charge >= 0.3 is 0 Å². The SMILES string of the molecule is Cc1ccc(C)c(Nc2nc3nonc3nc2NCCc2ccccc2)c1. The fraction of sp³-hybridized carbons (Fsp3) is 0.200. The summed E-state index contributed by atoms with van der Waals surface area (Å²) in [5.41, 5.74) is 5.27. The van der Waals surface area contributed by atoms with Gasteiger partial charge in [-0.3, -0.25) is 0 Å². The van der Waals surface area contributed by atoms with Gasteiger partial charge in [0.25, 0.3) is 0 Å². The molecule has 136 valence electrons. The molecule has 0 amide bonds. The predicted molar refractivity (Wildman–Crippen MR) is 105 cm³/mol. The smallest absolute Gasteiger partial charge is 0.245 e. The summed E-state index contributed by atoms with van der Waals surface area (Å²) >= 11 is 0. The fourth-order valence-electron chi connectivity index (χ4n) is 2.82. The first-order chi connectivity index (χ1) is 13.2. The Hall–Kier alpha value is -3.48. The summed E-state index contributed by atoms with van der Waals surface area (Å²) in [5, 5.41) is 14.3. The van der Waals surface area contributed by atoms with Crippen LogP contribution in [0.15, 0.2) is 53.2 Å². The van der Waals surface area contributed by atoms with Gasteiger partial charge < -0.3 is 10.6 Å². The van der Waals surface area contributed by atoms with E-state index < -0.39 is 0 Å². The zero-order valence-corrected chi connectivity index (χ0v) is 15.2. The molecule has 0 spiro atoms. The molecule has 7 heteroatoms. The van der Waals surface area contributed by atoms with E-state index in [-0.39, 0.29) is 0 Å². The van der Waals surface area contributed by atoms with Crippen molar-refractivity contribution in [1.82, 2.24) is 20.3 Å². The van der Waals surface area contributed by atoms with Crippen LogP contribution in [0.1, 0.15) is 16.7 Å². The first-order valence-corrected chi connectivity index (χ1v) is 8.81. The zero-order chi connectivity index (χ0) is 18.6. The van der Waals surface area contributed by atoms with E-state index in [0.717, 1.165) is 24.2 Å². The number of nitrogens with one attached hydrogen (secondary N) is 2. The molecule has 0 saturated carbocycles. The van der Waals surface area contributed by atoms with Crippen molar-refractivity contribution in [3.8, 4) is 0 Å². The van der Waals surface area contributed by atoms with E-state index in [4.69, 9.17) is 4.63 Å². The van der Waals surface area contributed by atoms with Gasteiger partial charge in [0, 0.05) is 12.2 Å². The standard InChI is InChI=1S/C20H20N6O/c1-13-8-9-14(2)16(12-13)22-18-17(23-19-20(24-18)26-27-25-19)21-11-10-15-6-4-3-5-7-15/h3-9,12H,10-11H2,1-2H3,(H,21,23,25)(H,22,24,26). The average molecular weight is 360 g/mol. The Bertz CT molecular complexity index is 1060. The molecule has 4 rings (SSSR count). The minimum absolute atomic E-state index is 0.372. The number of rotatable bonds is 6. The second kappa shape index (κ2) is 7.41. The molecule has 0 aliphatic carbocycles. The monoisotopic (exact) mass is 360 g/mol. The molecule has 2 aromatic carbocycles. The van der Waals surface area contributed by atoms with Crippen molar-refractivity contribution in [3.63, 3.8) is 0 Å². The minimum atomic E-state index is 0.372. The maximum absolute atomic E-state index is 4.76. The number of aryl methyl sites for hydroxylation is 2. The van der Waals surface area contributed by atoms with Crippen LogP contribution in [-0.4, -0.2) is 26.8 Å². The van der Waals surface area contributed by atoms with E-state index in [0.29, 0.717) is 22.9 Å². The second-order valence-electron chi connectivity index (χ2n) is 6.44. The number of hydrogen-bond donors (Lipinski definition) is 2. The van der Waals surface area contributed by atoms with Crippen molar-refractivity contribution < 1.29 is 4.63 Å². The van der Waals surface area contributed by atoms with Crippen molar-refractivity contribution in [3.05, 3.63) is 65.2 Å². The Kier molecular flexibility index (Phi) is 4.65. The largest absolute Gasteiger partial charge is 0.367 e. The van der Waals surface area contributed by atoms with Gasteiger partial charge in [0.15, 0.2) is 11.6 Å². The van der Waals surface area contributed by atoms with Crippen molar-refractivity contribution in [1.29, 1.82) is 0 Å². The van der Waals surface area contributed by atoms with Gasteiger partial charge in [-0.05, 0) is 53.3 Å². The van der Waals surface area contributed by atoms with Crippen LogP contribution in [0.2, 0.25) is 0 Å². The van der Waals surface area contributed by atoms with Crippen LogP contribution in [0.5, 0.6) is 0 Å². The molecule has 0 aliphatic heterocycles. The summed E-state index contributed by atoms with van der Waals surface area (Å²) in [7, 11) is 0. The molecule has 4 aromatic rings. The van der Waals surface area contributed by atoms with Crippen LogP contribution in [0.25, 0.3) is 11.3 Å². The van der Waals surface area contributed by atoms with E-state index in [1.54, 1.807) is 0 Å². The molecule has 0 radical (unpaired) electrons. The van der Waals surface area contributed by atoms with Gasteiger partial charge in [0.2, 0.25) is 11.3 Å². The minimum Gasteiger partial charge on any atom is -0.367 e. The molecule has 0 aliphatic rings. The number of anilines is 3. The molecular formula is C20H20N6O.